The molecule has 21 nitrogen and oxygen atoms in total. The number of aromatic nitrogens is 7. The normalized spacial score (nSPS) is 12.5. The van der Waals surface area contributed by atoms with E-state index in [1.807, 2.05) is 115 Å². The van der Waals surface area contributed by atoms with Crippen molar-refractivity contribution in [2.45, 2.75) is 155 Å². The molecule has 6 heterocycles. The number of aromatic amines is 1. The van der Waals surface area contributed by atoms with E-state index in [4.69, 9.17) is 21.4 Å². The lowest BCUT2D eigenvalue weighted by atomic mass is 10.0. The number of imidazole rings is 2. The SMILES string of the molecule is CCCCc1nc2c(N)nc3ccccc3c2n1CCCCNC(=O)CCCNC(=O)C(Cc1c[nH]c2ccccc12)NC(=O)C(CCC(=O)NCCCCn1c(CCCC)nc2c(N)nc3ccccc3c21)NC(=O)CCC(=O)N1Cc2ccccc2C#Cc2ccccc21. The average molecular weight is 1290 g/mol. The summed E-state index contributed by atoms with van der Waals surface area (Å²) in [5.74, 6) is 6.60. The van der Waals surface area contributed by atoms with Crippen LogP contribution in [0.15, 0.2) is 128 Å². The van der Waals surface area contributed by atoms with Crippen LogP contribution in [-0.4, -0.2) is 101 Å². The first-order valence-corrected chi connectivity index (χ1v) is 33.9. The van der Waals surface area contributed by atoms with E-state index >= 15 is 0 Å². The molecule has 5 aromatic heterocycles. The second-order valence-electron chi connectivity index (χ2n) is 24.7. The van der Waals surface area contributed by atoms with E-state index < -0.39 is 29.8 Å². The summed E-state index contributed by atoms with van der Waals surface area (Å²) in [6.45, 7) is 6.85. The van der Waals surface area contributed by atoms with Crippen molar-refractivity contribution in [3.8, 4) is 11.8 Å². The van der Waals surface area contributed by atoms with Gasteiger partial charge in [-0.1, -0.05) is 123 Å². The third kappa shape index (κ3) is 16.1. The zero-order valence-electron chi connectivity index (χ0n) is 54.8. The first kappa shape index (κ1) is 66.8. The van der Waals surface area contributed by atoms with Gasteiger partial charge in [0.1, 0.15) is 34.8 Å². The number of unbranched alkanes of at least 4 members (excludes halogenated alkanes) is 4. The zero-order valence-corrected chi connectivity index (χ0v) is 54.8. The highest BCUT2D eigenvalue weighted by molar-refractivity contribution is 6.08. The topological polar surface area (TPSA) is 295 Å². The molecule has 0 saturated carbocycles. The number of nitrogens with one attached hydrogen (secondary N) is 6. The van der Waals surface area contributed by atoms with Crippen LogP contribution in [0, 0.1) is 11.8 Å². The number of para-hydroxylation sites is 4. The maximum Gasteiger partial charge on any atom is 0.243 e. The summed E-state index contributed by atoms with van der Waals surface area (Å²) in [7, 11) is 0. The van der Waals surface area contributed by atoms with Crippen molar-refractivity contribution < 1.29 is 28.8 Å². The van der Waals surface area contributed by atoms with Crippen LogP contribution in [0.3, 0.4) is 0 Å². The number of carbonyl (C=O) groups excluding carboxylic acids is 6. The van der Waals surface area contributed by atoms with Gasteiger partial charge in [-0.3, -0.25) is 28.8 Å². The molecule has 2 unspecified atom stereocenters. The summed E-state index contributed by atoms with van der Waals surface area (Å²) in [5, 5.41) is 17.6. The molecule has 0 spiro atoms. The molecule has 21 heteroatoms. The van der Waals surface area contributed by atoms with Crippen LogP contribution in [0.4, 0.5) is 17.3 Å². The van der Waals surface area contributed by atoms with E-state index in [0.717, 1.165) is 130 Å². The van der Waals surface area contributed by atoms with Gasteiger partial charge in [0.15, 0.2) is 11.6 Å². The first-order valence-electron chi connectivity index (χ1n) is 33.9. The molecule has 0 aliphatic carbocycles. The summed E-state index contributed by atoms with van der Waals surface area (Å²) in [6, 6.07) is 36.1. The molecular formula is C75H85N15O6. The van der Waals surface area contributed by atoms with Gasteiger partial charge in [0.2, 0.25) is 35.4 Å². The third-order valence-corrected chi connectivity index (χ3v) is 17.8. The Balaban J connectivity index is 0.729. The highest BCUT2D eigenvalue weighted by atomic mass is 16.2. The van der Waals surface area contributed by atoms with Gasteiger partial charge in [-0.2, -0.15) is 0 Å². The summed E-state index contributed by atoms with van der Waals surface area (Å²) in [5.41, 5.74) is 22.4. The van der Waals surface area contributed by atoms with Crippen molar-refractivity contribution in [3.63, 3.8) is 0 Å². The van der Waals surface area contributed by atoms with Crippen molar-refractivity contribution in [3.05, 3.63) is 161 Å². The van der Waals surface area contributed by atoms with Crippen LogP contribution in [0.2, 0.25) is 0 Å². The fraction of sp³-hybridized carbons (Fsp3) is 0.360. The van der Waals surface area contributed by atoms with Crippen LogP contribution < -0.4 is 43.0 Å². The summed E-state index contributed by atoms with van der Waals surface area (Å²) >= 11 is 0. The minimum absolute atomic E-state index is 0.0769. The van der Waals surface area contributed by atoms with E-state index in [-0.39, 0.29) is 69.3 Å². The number of rotatable bonds is 32. The summed E-state index contributed by atoms with van der Waals surface area (Å²) < 4.78 is 4.49. The molecule has 1 aliphatic heterocycles. The van der Waals surface area contributed by atoms with Crippen LogP contribution in [-0.2, 0) is 67.7 Å². The largest absolute Gasteiger partial charge is 0.382 e. The highest BCUT2D eigenvalue weighted by Crippen LogP contribution is 2.32. The van der Waals surface area contributed by atoms with Crippen molar-refractivity contribution in [2.24, 2.45) is 0 Å². The number of hydrogen-bond acceptors (Lipinski definition) is 12. The number of aryl methyl sites for hydroxylation is 4. The average Bonchev–Trinajstić information content (AvgIpc) is 1.59. The van der Waals surface area contributed by atoms with E-state index in [1.165, 1.54) is 0 Å². The highest BCUT2D eigenvalue weighted by Gasteiger charge is 2.30. The minimum Gasteiger partial charge on any atom is -0.382 e. The fourth-order valence-electron chi connectivity index (χ4n) is 12.7. The lowest BCUT2D eigenvalue weighted by Gasteiger charge is -2.26. The van der Waals surface area contributed by atoms with E-state index in [0.29, 0.717) is 72.9 Å². The van der Waals surface area contributed by atoms with Crippen molar-refractivity contribution in [2.75, 3.05) is 36.0 Å². The second kappa shape index (κ2) is 32.0. The fourth-order valence-corrected chi connectivity index (χ4v) is 12.7. The Hall–Kier alpha value is -10.6. The van der Waals surface area contributed by atoms with E-state index in [9.17, 15) is 28.8 Å². The molecule has 496 valence electrons. The van der Waals surface area contributed by atoms with Gasteiger partial charge in [0.25, 0.3) is 0 Å². The monoisotopic (exact) mass is 1290 g/mol. The predicted molar refractivity (Wildman–Crippen MR) is 377 cm³/mol. The number of nitrogens with two attached hydrogens (primary N) is 2. The smallest absolute Gasteiger partial charge is 0.243 e. The maximum absolute atomic E-state index is 14.8. The second-order valence-corrected chi connectivity index (χ2v) is 24.7. The molecule has 2 atom stereocenters. The molecule has 10 N–H and O–H groups in total. The van der Waals surface area contributed by atoms with E-state index in [1.54, 1.807) is 11.1 Å². The Morgan fingerprint density at radius 1 is 0.531 bits per heavy atom. The summed E-state index contributed by atoms with van der Waals surface area (Å²) in [6.07, 6.45) is 10.1. The number of fused-ring (bicyclic) bond motifs is 9. The Morgan fingerprint density at radius 2 is 1.08 bits per heavy atom. The molecule has 11 rings (SSSR count). The number of nitrogens with zero attached hydrogens (tertiary/aromatic N) is 7. The van der Waals surface area contributed by atoms with Crippen LogP contribution in [0.5, 0.6) is 0 Å². The van der Waals surface area contributed by atoms with Gasteiger partial charge < -0.3 is 57.1 Å². The standard InChI is InChI=1S/C75H85N15O6/c1-3-5-32-62-86-68-70(54-26-11-14-29-57(54)83-72(68)76)88(62)44-19-17-41-78-64(91)34-21-43-80-74(95)60(46-52-47-81-56-28-13-10-25-53(52)56)85-75(96)59(82-66(93)39-40-67(94)90-48-51-24-8-7-22-49(51)35-36-50-23-9-16-31-61(50)90)37-38-65(92)79-42-18-20-45-89-63(33-6-4-2)87-69-71(89)55-27-12-15-30-58(55)84-73(69)77/h7-16,22-31,47,59-60,81H,3-6,17-21,32-34,37-46,48H2,1-2H3,(H2,76,83)(H2,77,84)(H,78,91)(H,79,92)(H,80,95)(H,82,93)(H,85,96). The molecular weight excluding hydrogens is 1210 g/mol. The third-order valence-electron chi connectivity index (χ3n) is 17.8. The van der Waals surface area contributed by atoms with Gasteiger partial charge in [0, 0.05) is 117 Å². The minimum atomic E-state index is -1.28. The number of benzene rings is 5. The number of carbonyl (C=O) groups is 6. The van der Waals surface area contributed by atoms with Gasteiger partial charge in [-0.05, 0) is 98.9 Å². The quantitative estimate of drug-likeness (QED) is 0.0144. The van der Waals surface area contributed by atoms with Crippen molar-refractivity contribution >= 4 is 108 Å². The Labute approximate surface area is 558 Å². The lowest BCUT2D eigenvalue weighted by Crippen LogP contribution is -2.54. The van der Waals surface area contributed by atoms with Gasteiger partial charge in [-0.25, -0.2) is 19.9 Å². The van der Waals surface area contributed by atoms with Gasteiger partial charge in [0.05, 0.1) is 34.3 Å². The van der Waals surface area contributed by atoms with Gasteiger partial charge in [-0.15, -0.1) is 0 Å². The molecule has 0 bridgehead atoms. The molecule has 0 radical (unpaired) electrons. The molecule has 0 fully saturated rings. The lowest BCUT2D eigenvalue weighted by molar-refractivity contribution is -0.133. The molecule has 10 aromatic rings. The molecule has 0 saturated heterocycles. The number of hydrogen-bond donors (Lipinski definition) is 8. The van der Waals surface area contributed by atoms with Crippen LogP contribution in [0.25, 0.3) is 54.8 Å². The molecule has 1 aliphatic rings. The Kier molecular flexibility index (Phi) is 22.3. The Bertz CT molecular complexity index is 4540. The number of H-pyrrole nitrogens is 1. The van der Waals surface area contributed by atoms with Crippen molar-refractivity contribution in [1.82, 2.24) is 60.6 Å². The summed E-state index contributed by atoms with van der Waals surface area (Å²) in [4.78, 5) is 109. The number of pyridine rings is 2. The van der Waals surface area contributed by atoms with Gasteiger partial charge >= 0.3 is 0 Å². The first-order chi connectivity index (χ1) is 46.8. The van der Waals surface area contributed by atoms with Crippen LogP contribution in [0.1, 0.15) is 138 Å². The van der Waals surface area contributed by atoms with E-state index in [2.05, 4.69) is 82.4 Å². The number of anilines is 3. The molecule has 5 aromatic carbocycles. The van der Waals surface area contributed by atoms with Crippen LogP contribution >= 0.6 is 0 Å². The molecule has 6 amide bonds. The van der Waals surface area contributed by atoms with Crippen molar-refractivity contribution in [1.29, 1.82) is 0 Å². The Morgan fingerprint density at radius 3 is 1.73 bits per heavy atom. The number of nitrogen functional groups attached to an aromatic ring is 2. The zero-order chi connectivity index (χ0) is 66.9. The maximum atomic E-state index is 14.8. The number of amides is 6. The predicted octanol–water partition coefficient (Wildman–Crippen LogP) is 9.92. The molecule has 96 heavy (non-hydrogen) atoms.